The van der Waals surface area contributed by atoms with Gasteiger partial charge in [0, 0.05) is 17.1 Å². The Morgan fingerprint density at radius 3 is 2.61 bits per heavy atom. The first-order chi connectivity index (χ1) is 10.9. The van der Waals surface area contributed by atoms with Gasteiger partial charge in [0.2, 0.25) is 0 Å². The van der Waals surface area contributed by atoms with E-state index in [1.165, 1.54) is 11.8 Å². The Labute approximate surface area is 139 Å². The van der Waals surface area contributed by atoms with Crippen LogP contribution >= 0.6 is 11.8 Å². The molecule has 6 nitrogen and oxygen atoms in total. The molecule has 0 spiro atoms. The Kier molecular flexibility index (Phi) is 5.70. The van der Waals surface area contributed by atoms with Crippen LogP contribution in [0, 0.1) is 13.8 Å². The number of aryl methyl sites for hydroxylation is 2. The summed E-state index contributed by atoms with van der Waals surface area (Å²) < 4.78 is 0. The number of rotatable bonds is 5. The molecular formula is C16H19N5OS. The van der Waals surface area contributed by atoms with Crippen molar-refractivity contribution in [2.75, 3.05) is 11.5 Å². The third-order valence-corrected chi connectivity index (χ3v) is 3.79. The molecule has 120 valence electrons. The molecule has 0 bridgehead atoms. The number of anilines is 1. The Hall–Kier alpha value is -2.41. The lowest BCUT2D eigenvalue weighted by atomic mass is 10.1. The molecule has 3 N–H and O–H groups in total. The van der Waals surface area contributed by atoms with Crippen molar-refractivity contribution in [2.24, 2.45) is 5.10 Å². The smallest absolute Gasteiger partial charge is 0.250 e. The Morgan fingerprint density at radius 1 is 1.26 bits per heavy atom. The molecule has 0 unspecified atom stereocenters. The highest BCUT2D eigenvalue weighted by atomic mass is 32.2. The number of thioether (sulfide) groups is 1. The van der Waals surface area contributed by atoms with E-state index in [1.807, 2.05) is 45.0 Å². The lowest BCUT2D eigenvalue weighted by Gasteiger charge is -2.04. The monoisotopic (exact) mass is 329 g/mol. The van der Waals surface area contributed by atoms with Gasteiger partial charge in [-0.3, -0.25) is 4.79 Å². The summed E-state index contributed by atoms with van der Waals surface area (Å²) >= 11 is 1.28. The Bertz CT molecular complexity index is 725. The topological polar surface area (TPSA) is 93.3 Å². The molecule has 2 aromatic rings. The van der Waals surface area contributed by atoms with E-state index >= 15 is 0 Å². The first-order valence-corrected chi connectivity index (χ1v) is 8.07. The van der Waals surface area contributed by atoms with Gasteiger partial charge in [-0.2, -0.15) is 5.10 Å². The molecule has 0 aliphatic carbocycles. The maximum absolute atomic E-state index is 11.9. The second-order valence-electron chi connectivity index (χ2n) is 5.08. The number of carbonyl (C=O) groups is 1. The SMILES string of the molecule is C/C(=N\NC(=O)CSc1nc(C)cc(C)n1)c1cccc(N)c1. The highest BCUT2D eigenvalue weighted by Gasteiger charge is 2.06. The first-order valence-electron chi connectivity index (χ1n) is 7.08. The zero-order chi connectivity index (χ0) is 16.8. The molecule has 2 rings (SSSR count). The van der Waals surface area contributed by atoms with E-state index in [-0.39, 0.29) is 11.7 Å². The van der Waals surface area contributed by atoms with Crippen molar-refractivity contribution in [3.05, 3.63) is 47.3 Å². The molecule has 0 aliphatic rings. The van der Waals surface area contributed by atoms with Crippen LogP contribution in [0.3, 0.4) is 0 Å². The van der Waals surface area contributed by atoms with E-state index in [0.717, 1.165) is 17.0 Å². The fourth-order valence-electron chi connectivity index (χ4n) is 1.89. The summed E-state index contributed by atoms with van der Waals surface area (Å²) in [5, 5.41) is 4.68. The van der Waals surface area contributed by atoms with Crippen LogP contribution < -0.4 is 11.2 Å². The predicted octanol–water partition coefficient (Wildman–Crippen LogP) is 2.31. The molecule has 1 heterocycles. The van der Waals surface area contributed by atoms with Gasteiger partial charge < -0.3 is 5.73 Å². The molecule has 23 heavy (non-hydrogen) atoms. The number of nitrogens with one attached hydrogen (secondary N) is 1. The van der Waals surface area contributed by atoms with Gasteiger partial charge in [0.25, 0.3) is 5.91 Å². The van der Waals surface area contributed by atoms with Crippen molar-refractivity contribution in [2.45, 2.75) is 25.9 Å². The molecule has 7 heteroatoms. The van der Waals surface area contributed by atoms with E-state index in [4.69, 9.17) is 5.73 Å². The van der Waals surface area contributed by atoms with Crippen molar-refractivity contribution >= 4 is 29.1 Å². The summed E-state index contributed by atoms with van der Waals surface area (Å²) in [5.41, 5.74) is 12.3. The molecule has 0 aliphatic heterocycles. The highest BCUT2D eigenvalue weighted by molar-refractivity contribution is 7.99. The molecule has 1 amide bonds. The first kappa shape index (κ1) is 17.0. The summed E-state index contributed by atoms with van der Waals surface area (Å²) in [6.07, 6.45) is 0. The number of amides is 1. The van der Waals surface area contributed by atoms with Crippen LogP contribution in [0.2, 0.25) is 0 Å². The van der Waals surface area contributed by atoms with Crippen molar-refractivity contribution in [1.82, 2.24) is 15.4 Å². The number of hydrazone groups is 1. The fraction of sp³-hybridized carbons (Fsp3) is 0.250. The predicted molar refractivity (Wildman–Crippen MR) is 93.4 cm³/mol. The minimum Gasteiger partial charge on any atom is -0.399 e. The van der Waals surface area contributed by atoms with Gasteiger partial charge in [-0.15, -0.1) is 0 Å². The molecule has 1 aromatic heterocycles. The largest absolute Gasteiger partial charge is 0.399 e. The van der Waals surface area contributed by atoms with Crippen molar-refractivity contribution < 1.29 is 4.79 Å². The van der Waals surface area contributed by atoms with Gasteiger partial charge in [0.05, 0.1) is 11.5 Å². The molecule has 0 saturated carbocycles. The molecule has 0 atom stereocenters. The zero-order valence-electron chi connectivity index (χ0n) is 13.3. The number of nitrogens with two attached hydrogens (primary N) is 1. The van der Waals surface area contributed by atoms with E-state index in [2.05, 4.69) is 20.5 Å². The molecule has 0 radical (unpaired) electrons. The summed E-state index contributed by atoms with van der Waals surface area (Å²) in [6.45, 7) is 5.62. The van der Waals surface area contributed by atoms with Crippen LogP contribution in [0.4, 0.5) is 5.69 Å². The fourth-order valence-corrected chi connectivity index (χ4v) is 2.64. The zero-order valence-corrected chi connectivity index (χ0v) is 14.1. The summed E-state index contributed by atoms with van der Waals surface area (Å²) in [6, 6.07) is 9.24. The minimum absolute atomic E-state index is 0.205. The summed E-state index contributed by atoms with van der Waals surface area (Å²) in [4.78, 5) is 20.4. The standard InChI is InChI=1S/C16H19N5OS/c1-10-7-11(2)19-16(18-10)23-9-15(22)21-20-12(3)13-5-4-6-14(17)8-13/h4-8H,9,17H2,1-3H3,(H,21,22)/b20-12+. The quantitative estimate of drug-likeness (QED) is 0.289. The number of nitrogens with zero attached hydrogens (tertiary/aromatic N) is 3. The van der Waals surface area contributed by atoms with E-state index in [0.29, 0.717) is 16.6 Å². The number of carbonyl (C=O) groups excluding carboxylic acids is 1. The van der Waals surface area contributed by atoms with Gasteiger partial charge in [0.15, 0.2) is 5.16 Å². The van der Waals surface area contributed by atoms with Gasteiger partial charge >= 0.3 is 0 Å². The number of hydrogen-bond acceptors (Lipinski definition) is 6. The molecule has 1 aromatic carbocycles. The number of hydrogen-bond donors (Lipinski definition) is 2. The van der Waals surface area contributed by atoms with Crippen LogP contribution in [0.25, 0.3) is 0 Å². The van der Waals surface area contributed by atoms with E-state index < -0.39 is 0 Å². The van der Waals surface area contributed by atoms with Gasteiger partial charge in [0.1, 0.15) is 0 Å². The number of nitrogen functional groups attached to an aromatic ring is 1. The van der Waals surface area contributed by atoms with Crippen LogP contribution in [0.5, 0.6) is 0 Å². The average molecular weight is 329 g/mol. The summed E-state index contributed by atoms with van der Waals surface area (Å²) in [7, 11) is 0. The Balaban J connectivity index is 1.90. The molecular weight excluding hydrogens is 310 g/mol. The maximum atomic E-state index is 11.9. The average Bonchev–Trinajstić information content (AvgIpc) is 2.49. The maximum Gasteiger partial charge on any atom is 0.250 e. The van der Waals surface area contributed by atoms with Crippen LogP contribution in [-0.2, 0) is 4.79 Å². The lowest BCUT2D eigenvalue weighted by molar-refractivity contribution is -0.118. The Morgan fingerprint density at radius 2 is 1.96 bits per heavy atom. The number of benzene rings is 1. The number of aromatic nitrogens is 2. The molecule has 0 saturated heterocycles. The van der Waals surface area contributed by atoms with Gasteiger partial charge in [-0.05, 0) is 44.5 Å². The van der Waals surface area contributed by atoms with Crippen molar-refractivity contribution in [3.63, 3.8) is 0 Å². The van der Waals surface area contributed by atoms with Crippen LogP contribution in [-0.4, -0.2) is 27.3 Å². The van der Waals surface area contributed by atoms with E-state index in [9.17, 15) is 4.79 Å². The van der Waals surface area contributed by atoms with Crippen molar-refractivity contribution in [3.8, 4) is 0 Å². The third-order valence-electron chi connectivity index (χ3n) is 2.95. The summed E-state index contributed by atoms with van der Waals surface area (Å²) in [5.74, 6) is -0.00243. The lowest BCUT2D eigenvalue weighted by Crippen LogP contribution is -2.21. The normalized spacial score (nSPS) is 11.3. The van der Waals surface area contributed by atoms with E-state index in [1.54, 1.807) is 6.07 Å². The third kappa shape index (κ3) is 5.37. The minimum atomic E-state index is -0.207. The van der Waals surface area contributed by atoms with Crippen LogP contribution in [0.1, 0.15) is 23.9 Å². The molecule has 0 fully saturated rings. The van der Waals surface area contributed by atoms with Crippen LogP contribution in [0.15, 0.2) is 40.6 Å². The highest BCUT2D eigenvalue weighted by Crippen LogP contribution is 2.13. The van der Waals surface area contributed by atoms with Crippen molar-refractivity contribution in [1.29, 1.82) is 0 Å². The second-order valence-corrected chi connectivity index (χ2v) is 6.02. The van der Waals surface area contributed by atoms with Gasteiger partial charge in [-0.1, -0.05) is 23.9 Å². The second kappa shape index (κ2) is 7.73. The van der Waals surface area contributed by atoms with Gasteiger partial charge in [-0.25, -0.2) is 15.4 Å².